The Morgan fingerprint density at radius 2 is 1.84 bits per heavy atom. The van der Waals surface area contributed by atoms with Gasteiger partial charge in [0.2, 0.25) is 11.1 Å². The van der Waals surface area contributed by atoms with Crippen LogP contribution in [0.4, 0.5) is 5.95 Å². The van der Waals surface area contributed by atoms with Crippen LogP contribution in [0.2, 0.25) is 5.02 Å². The van der Waals surface area contributed by atoms with Gasteiger partial charge in [0.15, 0.2) is 12.4 Å². The van der Waals surface area contributed by atoms with Crippen molar-refractivity contribution in [2.24, 2.45) is 0 Å². The molecular formula is C28H30ClN5O3S. The second kappa shape index (κ2) is 11.6. The molecule has 8 nitrogen and oxygen atoms in total. The minimum Gasteiger partial charge on any atom is -0.484 e. The Morgan fingerprint density at radius 3 is 2.55 bits per heavy atom. The second-order valence-corrected chi connectivity index (χ2v) is 10.8. The summed E-state index contributed by atoms with van der Waals surface area (Å²) in [5.41, 5.74) is 3.25. The average Bonchev–Trinajstić information content (AvgIpc) is 3.33. The number of ether oxygens (including phenoxy) is 1. The summed E-state index contributed by atoms with van der Waals surface area (Å²) in [5, 5.41) is 9.28. The van der Waals surface area contributed by atoms with Crippen LogP contribution in [0.25, 0.3) is 0 Å². The van der Waals surface area contributed by atoms with E-state index in [1.807, 2.05) is 60.4 Å². The largest absolute Gasteiger partial charge is 0.484 e. The SMILES string of the molecule is CC(=O)C1=C(C)Nc2nc(SCc3ccccc3Cl)nn2C1c1ccc(OCC(=O)N2CCCCC2)cc1. The molecule has 2 aliphatic rings. The average molecular weight is 552 g/mol. The molecule has 2 aromatic carbocycles. The lowest BCUT2D eigenvalue weighted by atomic mass is 9.93. The van der Waals surface area contributed by atoms with E-state index in [4.69, 9.17) is 21.4 Å². The molecule has 1 fully saturated rings. The van der Waals surface area contributed by atoms with Gasteiger partial charge in [0.25, 0.3) is 5.91 Å². The molecular weight excluding hydrogens is 522 g/mol. The number of fused-ring (bicyclic) bond motifs is 1. The number of likely N-dealkylation sites (tertiary alicyclic amines) is 1. The first-order valence-corrected chi connectivity index (χ1v) is 14.1. The predicted molar refractivity (Wildman–Crippen MR) is 149 cm³/mol. The highest BCUT2D eigenvalue weighted by molar-refractivity contribution is 7.98. The predicted octanol–water partition coefficient (Wildman–Crippen LogP) is 5.49. The van der Waals surface area contributed by atoms with Crippen LogP contribution in [0.15, 0.2) is 65.0 Å². The molecule has 198 valence electrons. The lowest BCUT2D eigenvalue weighted by molar-refractivity contribution is -0.134. The molecule has 1 saturated heterocycles. The van der Waals surface area contributed by atoms with Crippen molar-refractivity contribution in [1.82, 2.24) is 19.7 Å². The van der Waals surface area contributed by atoms with Gasteiger partial charge in [-0.05, 0) is 62.4 Å². The van der Waals surface area contributed by atoms with Gasteiger partial charge in [-0.1, -0.05) is 53.7 Å². The molecule has 2 aliphatic heterocycles. The Bertz CT molecular complexity index is 1370. The van der Waals surface area contributed by atoms with E-state index in [1.165, 1.54) is 18.2 Å². The lowest BCUT2D eigenvalue weighted by Crippen LogP contribution is -2.38. The summed E-state index contributed by atoms with van der Waals surface area (Å²) in [7, 11) is 0. The van der Waals surface area contributed by atoms with Crippen molar-refractivity contribution in [3.05, 3.63) is 76.0 Å². The zero-order valence-electron chi connectivity index (χ0n) is 21.4. The monoisotopic (exact) mass is 551 g/mol. The molecule has 1 amide bonds. The molecule has 1 unspecified atom stereocenters. The molecule has 0 bridgehead atoms. The number of hydrogen-bond acceptors (Lipinski definition) is 7. The summed E-state index contributed by atoms with van der Waals surface area (Å²) in [6, 6.07) is 14.8. The van der Waals surface area contributed by atoms with Crippen molar-refractivity contribution in [2.45, 2.75) is 50.1 Å². The van der Waals surface area contributed by atoms with E-state index in [0.717, 1.165) is 42.8 Å². The van der Waals surface area contributed by atoms with Gasteiger partial charge in [-0.3, -0.25) is 9.59 Å². The highest BCUT2D eigenvalue weighted by Gasteiger charge is 2.32. The lowest BCUT2D eigenvalue weighted by Gasteiger charge is -2.28. The molecule has 1 atom stereocenters. The highest BCUT2D eigenvalue weighted by Crippen LogP contribution is 2.37. The van der Waals surface area contributed by atoms with E-state index in [0.29, 0.717) is 33.2 Å². The number of carbonyl (C=O) groups is 2. The molecule has 38 heavy (non-hydrogen) atoms. The van der Waals surface area contributed by atoms with E-state index in [-0.39, 0.29) is 18.3 Å². The number of Topliss-reactive ketones (excluding diaryl/α,β-unsaturated/α-hetero) is 1. The van der Waals surface area contributed by atoms with Crippen molar-refractivity contribution in [3.63, 3.8) is 0 Å². The summed E-state index contributed by atoms with van der Waals surface area (Å²) in [6.45, 7) is 5.06. The van der Waals surface area contributed by atoms with Crippen LogP contribution in [0.3, 0.4) is 0 Å². The molecule has 0 radical (unpaired) electrons. The first kappa shape index (κ1) is 26.3. The molecule has 0 spiro atoms. The van der Waals surface area contributed by atoms with Gasteiger partial charge in [0.1, 0.15) is 11.8 Å². The van der Waals surface area contributed by atoms with Crippen LogP contribution >= 0.6 is 23.4 Å². The Hall–Kier alpha value is -3.30. The van der Waals surface area contributed by atoms with Gasteiger partial charge in [-0.2, -0.15) is 4.98 Å². The third-order valence-electron chi connectivity index (χ3n) is 6.79. The van der Waals surface area contributed by atoms with Crippen molar-refractivity contribution in [3.8, 4) is 5.75 Å². The normalized spacial score (nSPS) is 17.1. The second-order valence-electron chi connectivity index (χ2n) is 9.46. The number of ketones is 1. The topological polar surface area (TPSA) is 89.4 Å². The molecule has 3 heterocycles. The smallest absolute Gasteiger partial charge is 0.260 e. The van der Waals surface area contributed by atoms with Gasteiger partial charge in [-0.15, -0.1) is 5.10 Å². The van der Waals surface area contributed by atoms with E-state index < -0.39 is 6.04 Å². The molecule has 0 saturated carbocycles. The first-order valence-electron chi connectivity index (χ1n) is 12.7. The van der Waals surface area contributed by atoms with E-state index in [1.54, 1.807) is 11.6 Å². The van der Waals surface area contributed by atoms with Crippen LogP contribution in [0.5, 0.6) is 5.75 Å². The maximum atomic E-state index is 12.7. The van der Waals surface area contributed by atoms with Gasteiger partial charge >= 0.3 is 0 Å². The molecule has 5 rings (SSSR count). The van der Waals surface area contributed by atoms with E-state index in [2.05, 4.69) is 10.3 Å². The minimum absolute atomic E-state index is 0.0126. The quantitative estimate of drug-likeness (QED) is 0.370. The summed E-state index contributed by atoms with van der Waals surface area (Å²) >= 11 is 7.80. The van der Waals surface area contributed by atoms with Gasteiger partial charge in [-0.25, -0.2) is 4.68 Å². The van der Waals surface area contributed by atoms with Gasteiger partial charge in [0.05, 0.1) is 0 Å². The number of thioether (sulfide) groups is 1. The Morgan fingerprint density at radius 1 is 1.11 bits per heavy atom. The third kappa shape index (κ3) is 5.73. The Labute approximate surface area is 231 Å². The van der Waals surface area contributed by atoms with Gasteiger partial charge in [0, 0.05) is 35.1 Å². The number of aromatic nitrogens is 3. The number of nitrogens with zero attached hydrogens (tertiary/aromatic N) is 4. The number of carbonyl (C=O) groups excluding carboxylic acids is 2. The van der Waals surface area contributed by atoms with Crippen LogP contribution in [-0.2, 0) is 15.3 Å². The number of rotatable bonds is 8. The minimum atomic E-state index is -0.435. The number of hydrogen-bond donors (Lipinski definition) is 1. The number of halogens is 1. The van der Waals surface area contributed by atoms with Crippen LogP contribution in [-0.4, -0.2) is 51.1 Å². The Balaban J connectivity index is 1.34. The maximum absolute atomic E-state index is 12.7. The van der Waals surface area contributed by atoms with Crippen LogP contribution in [0.1, 0.15) is 50.3 Å². The van der Waals surface area contributed by atoms with E-state index >= 15 is 0 Å². The molecule has 1 aromatic heterocycles. The van der Waals surface area contributed by atoms with Crippen molar-refractivity contribution >= 4 is 41.0 Å². The molecule has 10 heteroatoms. The van der Waals surface area contributed by atoms with Crippen LogP contribution in [0, 0.1) is 0 Å². The standard InChI is InChI=1S/C28H30ClN5O3S/c1-18-25(19(2)35)26(20-10-12-22(13-11-20)37-16-24(36)33-14-6-3-7-15-33)34-27(30-18)31-28(32-34)38-17-21-8-4-5-9-23(21)29/h4-5,8-13,26H,3,6-7,14-17H2,1-2H3,(H,30,31,32). The first-order chi connectivity index (χ1) is 18.4. The Kier molecular flexibility index (Phi) is 8.04. The maximum Gasteiger partial charge on any atom is 0.260 e. The molecule has 1 N–H and O–H groups in total. The van der Waals surface area contributed by atoms with Gasteiger partial charge < -0.3 is 15.0 Å². The fourth-order valence-electron chi connectivity index (χ4n) is 4.84. The number of piperidine rings is 1. The zero-order valence-corrected chi connectivity index (χ0v) is 23.0. The third-order valence-corrected chi connectivity index (χ3v) is 8.05. The zero-order chi connectivity index (χ0) is 26.6. The van der Waals surface area contributed by atoms with Crippen molar-refractivity contribution in [1.29, 1.82) is 0 Å². The summed E-state index contributed by atoms with van der Waals surface area (Å²) in [5.74, 6) is 1.78. The number of allylic oxidation sites excluding steroid dienone is 2. The number of nitrogens with one attached hydrogen (secondary N) is 1. The molecule has 0 aliphatic carbocycles. The fourth-order valence-corrected chi connectivity index (χ4v) is 5.96. The summed E-state index contributed by atoms with van der Waals surface area (Å²) in [4.78, 5) is 31.7. The van der Waals surface area contributed by atoms with Crippen molar-refractivity contribution < 1.29 is 14.3 Å². The van der Waals surface area contributed by atoms with Crippen molar-refractivity contribution in [2.75, 3.05) is 25.0 Å². The fraction of sp³-hybridized carbons (Fsp3) is 0.357. The molecule has 3 aromatic rings. The summed E-state index contributed by atoms with van der Waals surface area (Å²) < 4.78 is 7.54. The van der Waals surface area contributed by atoms with E-state index in [9.17, 15) is 9.59 Å². The van der Waals surface area contributed by atoms with Crippen LogP contribution < -0.4 is 10.1 Å². The number of amides is 1. The summed E-state index contributed by atoms with van der Waals surface area (Å²) in [6.07, 6.45) is 3.27. The number of benzene rings is 2. The highest BCUT2D eigenvalue weighted by atomic mass is 35.5. The number of anilines is 1.